The van der Waals surface area contributed by atoms with Crippen molar-refractivity contribution in [3.8, 4) is 0 Å². The zero-order chi connectivity index (χ0) is 9.84. The van der Waals surface area contributed by atoms with Crippen LogP contribution in [-0.2, 0) is 7.05 Å². The number of hydrogen-bond donors (Lipinski definition) is 0. The SMILES string of the molecule is CC.Cn1cc2cc(P)ccc2n1. The maximum Gasteiger partial charge on any atom is 0.0923 e. The number of fused-ring (bicyclic) bond motifs is 1. The molecule has 2 rings (SSSR count). The fourth-order valence-electron chi connectivity index (χ4n) is 1.17. The van der Waals surface area contributed by atoms with E-state index in [1.165, 1.54) is 10.7 Å². The zero-order valence-corrected chi connectivity index (χ0v) is 9.44. The summed E-state index contributed by atoms with van der Waals surface area (Å²) in [6.07, 6.45) is 2.02. The van der Waals surface area contributed by atoms with E-state index in [0.29, 0.717) is 0 Å². The molecule has 70 valence electrons. The van der Waals surface area contributed by atoms with Crippen molar-refractivity contribution in [1.29, 1.82) is 0 Å². The molecule has 1 atom stereocenters. The van der Waals surface area contributed by atoms with Crippen molar-refractivity contribution in [2.24, 2.45) is 7.05 Å². The van der Waals surface area contributed by atoms with Gasteiger partial charge in [0.1, 0.15) is 0 Å². The number of hydrogen-bond acceptors (Lipinski definition) is 1. The first-order chi connectivity index (χ1) is 6.25. The van der Waals surface area contributed by atoms with Gasteiger partial charge < -0.3 is 0 Å². The molecule has 0 aliphatic heterocycles. The van der Waals surface area contributed by atoms with Gasteiger partial charge in [-0.15, -0.1) is 9.24 Å². The third-order valence-corrected chi connectivity index (χ3v) is 2.00. The Hall–Kier alpha value is -0.880. The Morgan fingerprint density at radius 3 is 2.69 bits per heavy atom. The zero-order valence-electron chi connectivity index (χ0n) is 8.28. The second-order valence-corrected chi connectivity index (χ2v) is 3.29. The molecular weight excluding hydrogens is 179 g/mol. The molecule has 0 radical (unpaired) electrons. The summed E-state index contributed by atoms with van der Waals surface area (Å²) in [6.45, 7) is 4.00. The van der Waals surface area contributed by atoms with E-state index in [9.17, 15) is 0 Å². The lowest BCUT2D eigenvalue weighted by Crippen LogP contribution is -1.86. The van der Waals surface area contributed by atoms with Gasteiger partial charge >= 0.3 is 0 Å². The molecule has 0 saturated carbocycles. The minimum absolute atomic E-state index is 1.05. The standard InChI is InChI=1S/C8H9N2P.C2H6/c1-10-5-6-4-7(11)2-3-8(6)9-10;1-2/h2-5H,11H2,1H3;1-2H3. The normalized spacial score (nSPS) is 9.54. The predicted octanol–water partition coefficient (Wildman–Crippen LogP) is 2.10. The van der Waals surface area contributed by atoms with E-state index in [1.54, 1.807) is 0 Å². The second kappa shape index (κ2) is 4.38. The van der Waals surface area contributed by atoms with Gasteiger partial charge in [-0.25, -0.2) is 0 Å². The first-order valence-electron chi connectivity index (χ1n) is 4.44. The fourth-order valence-corrected chi connectivity index (χ4v) is 1.44. The summed E-state index contributed by atoms with van der Waals surface area (Å²) in [5.74, 6) is 0. The van der Waals surface area contributed by atoms with Gasteiger partial charge in [0, 0.05) is 18.6 Å². The minimum atomic E-state index is 1.05. The highest BCUT2D eigenvalue weighted by Gasteiger charge is 1.96. The molecule has 3 heteroatoms. The van der Waals surface area contributed by atoms with Crippen molar-refractivity contribution in [3.05, 3.63) is 24.4 Å². The van der Waals surface area contributed by atoms with Gasteiger partial charge in [-0.05, 0) is 17.4 Å². The lowest BCUT2D eigenvalue weighted by molar-refractivity contribution is 0.780. The van der Waals surface area contributed by atoms with Crippen LogP contribution in [0.1, 0.15) is 13.8 Å². The summed E-state index contributed by atoms with van der Waals surface area (Å²) < 4.78 is 1.83. The predicted molar refractivity (Wildman–Crippen MR) is 61.4 cm³/mol. The topological polar surface area (TPSA) is 17.8 Å². The Kier molecular flexibility index (Phi) is 3.44. The number of nitrogens with zero attached hydrogens (tertiary/aromatic N) is 2. The Balaban J connectivity index is 0.000000396. The molecule has 1 unspecified atom stereocenters. The molecule has 1 aromatic carbocycles. The van der Waals surface area contributed by atoms with Gasteiger partial charge in [-0.2, -0.15) is 5.10 Å². The van der Waals surface area contributed by atoms with Crippen LogP contribution in [0.25, 0.3) is 10.9 Å². The highest BCUT2D eigenvalue weighted by atomic mass is 31.0. The van der Waals surface area contributed by atoms with Gasteiger partial charge in [0.05, 0.1) is 5.52 Å². The summed E-state index contributed by atoms with van der Waals surface area (Å²) in [7, 11) is 4.61. The highest BCUT2D eigenvalue weighted by molar-refractivity contribution is 7.27. The molecule has 0 aliphatic rings. The number of benzene rings is 1. The first kappa shape index (κ1) is 10.2. The van der Waals surface area contributed by atoms with Gasteiger partial charge in [0.25, 0.3) is 0 Å². The van der Waals surface area contributed by atoms with Crippen LogP contribution < -0.4 is 5.30 Å². The largest absolute Gasteiger partial charge is 0.275 e. The molecular formula is C10H15N2P. The second-order valence-electron chi connectivity index (χ2n) is 2.62. The molecule has 13 heavy (non-hydrogen) atoms. The molecule has 1 aromatic heterocycles. The molecule has 0 saturated heterocycles. The third-order valence-electron chi connectivity index (χ3n) is 1.64. The summed E-state index contributed by atoms with van der Waals surface area (Å²) in [5.41, 5.74) is 1.05. The monoisotopic (exact) mass is 194 g/mol. The summed E-state index contributed by atoms with van der Waals surface area (Å²) in [6, 6.07) is 6.17. The molecule has 0 bridgehead atoms. The van der Waals surface area contributed by atoms with Crippen LogP contribution in [0.4, 0.5) is 0 Å². The molecule has 0 aliphatic carbocycles. The highest BCUT2D eigenvalue weighted by Crippen LogP contribution is 2.09. The van der Waals surface area contributed by atoms with Crippen molar-refractivity contribution in [2.75, 3.05) is 0 Å². The van der Waals surface area contributed by atoms with Crippen LogP contribution in [0.2, 0.25) is 0 Å². The molecule has 2 nitrogen and oxygen atoms in total. The Labute approximate surface area is 81.2 Å². The Morgan fingerprint density at radius 2 is 2.00 bits per heavy atom. The Bertz CT molecular complexity index is 393. The number of rotatable bonds is 0. The molecule has 0 N–H and O–H groups in total. The van der Waals surface area contributed by atoms with Crippen molar-refractivity contribution >= 4 is 25.4 Å². The molecule has 0 amide bonds. The smallest absolute Gasteiger partial charge is 0.0923 e. The molecule has 1 heterocycles. The maximum absolute atomic E-state index is 4.26. The van der Waals surface area contributed by atoms with Crippen LogP contribution in [0.5, 0.6) is 0 Å². The van der Waals surface area contributed by atoms with E-state index in [-0.39, 0.29) is 0 Å². The lowest BCUT2D eigenvalue weighted by atomic mass is 10.3. The van der Waals surface area contributed by atoms with Gasteiger partial charge in [0.2, 0.25) is 0 Å². The summed E-state index contributed by atoms with van der Waals surface area (Å²) in [4.78, 5) is 0. The van der Waals surface area contributed by atoms with E-state index in [0.717, 1.165) is 5.52 Å². The van der Waals surface area contributed by atoms with E-state index >= 15 is 0 Å². The minimum Gasteiger partial charge on any atom is -0.275 e. The van der Waals surface area contributed by atoms with Crippen molar-refractivity contribution in [2.45, 2.75) is 13.8 Å². The van der Waals surface area contributed by atoms with Crippen molar-refractivity contribution in [3.63, 3.8) is 0 Å². The van der Waals surface area contributed by atoms with Crippen LogP contribution in [-0.4, -0.2) is 9.78 Å². The summed E-state index contributed by atoms with van der Waals surface area (Å²) in [5, 5.41) is 6.66. The average Bonchev–Trinajstić information content (AvgIpc) is 2.48. The molecule has 0 fully saturated rings. The van der Waals surface area contributed by atoms with Crippen LogP contribution >= 0.6 is 9.24 Å². The van der Waals surface area contributed by atoms with Gasteiger partial charge in [-0.1, -0.05) is 19.9 Å². The molecule has 0 spiro atoms. The summed E-state index contributed by atoms with van der Waals surface area (Å²) >= 11 is 0. The van der Waals surface area contributed by atoms with Gasteiger partial charge in [-0.3, -0.25) is 4.68 Å². The molecule has 2 aromatic rings. The fraction of sp³-hybridized carbons (Fsp3) is 0.300. The first-order valence-corrected chi connectivity index (χ1v) is 5.02. The van der Waals surface area contributed by atoms with E-state index in [1.807, 2.05) is 43.9 Å². The van der Waals surface area contributed by atoms with E-state index in [2.05, 4.69) is 20.4 Å². The Morgan fingerprint density at radius 1 is 1.31 bits per heavy atom. The van der Waals surface area contributed by atoms with E-state index in [4.69, 9.17) is 0 Å². The lowest BCUT2D eigenvalue weighted by Gasteiger charge is -1.88. The number of aromatic nitrogens is 2. The van der Waals surface area contributed by atoms with Crippen molar-refractivity contribution < 1.29 is 0 Å². The van der Waals surface area contributed by atoms with Gasteiger partial charge in [0.15, 0.2) is 0 Å². The van der Waals surface area contributed by atoms with Crippen LogP contribution in [0.15, 0.2) is 24.4 Å². The van der Waals surface area contributed by atoms with E-state index < -0.39 is 0 Å². The van der Waals surface area contributed by atoms with Crippen molar-refractivity contribution in [1.82, 2.24) is 9.78 Å². The maximum atomic E-state index is 4.26. The van der Waals surface area contributed by atoms with Crippen LogP contribution in [0.3, 0.4) is 0 Å². The number of aryl methyl sites for hydroxylation is 1. The average molecular weight is 194 g/mol. The third kappa shape index (κ3) is 2.28. The quantitative estimate of drug-likeness (QED) is 0.587. The van der Waals surface area contributed by atoms with Crippen LogP contribution in [0, 0.1) is 0 Å².